The van der Waals surface area contributed by atoms with Crippen LogP contribution in [0.1, 0.15) is 40.2 Å². The lowest BCUT2D eigenvalue weighted by atomic mass is 9.81. The maximum Gasteiger partial charge on any atom is 0.0530 e. The normalized spacial score (nSPS) is 21.5. The summed E-state index contributed by atoms with van der Waals surface area (Å²) in [5.41, 5.74) is 10.5. The van der Waals surface area contributed by atoms with Gasteiger partial charge in [-0.25, -0.2) is 0 Å². The molecule has 2 heteroatoms. The molecule has 2 nitrogen and oxygen atoms in total. The smallest absolute Gasteiger partial charge is 0.0530 e. The van der Waals surface area contributed by atoms with E-state index in [1.165, 1.54) is 16.9 Å². The summed E-state index contributed by atoms with van der Waals surface area (Å²) in [6, 6.07) is 8.52. The fourth-order valence-corrected chi connectivity index (χ4v) is 2.80. The number of fused-ring (bicyclic) bond motifs is 3. The van der Waals surface area contributed by atoms with Gasteiger partial charge >= 0.3 is 0 Å². The number of para-hydroxylation sites is 1. The van der Waals surface area contributed by atoms with E-state index in [0.717, 1.165) is 5.70 Å². The van der Waals surface area contributed by atoms with Crippen LogP contribution in [0.25, 0.3) is 0 Å². The molecule has 0 bridgehead atoms. The minimum atomic E-state index is -0.0665. The van der Waals surface area contributed by atoms with Gasteiger partial charge in [-0.3, -0.25) is 0 Å². The summed E-state index contributed by atoms with van der Waals surface area (Å²) in [5, 5.41) is 0. The number of likely N-dealkylation sites (N-methyl/N-ethyl adjacent to an activating group) is 1. The van der Waals surface area contributed by atoms with Gasteiger partial charge in [0.15, 0.2) is 0 Å². The Balaban J connectivity index is 0.000000510. The van der Waals surface area contributed by atoms with E-state index >= 15 is 0 Å². The summed E-state index contributed by atoms with van der Waals surface area (Å²) >= 11 is 0. The minimum Gasteiger partial charge on any atom is -0.399 e. The molecule has 114 valence electrons. The fourth-order valence-electron chi connectivity index (χ4n) is 2.80. The molecular weight excluding hydrogens is 256 g/mol. The Morgan fingerprint density at radius 1 is 1.05 bits per heavy atom. The Morgan fingerprint density at radius 2 is 1.67 bits per heavy atom. The van der Waals surface area contributed by atoms with Crippen molar-refractivity contribution in [1.82, 2.24) is 0 Å². The highest BCUT2D eigenvalue weighted by atomic mass is 15.2. The standard InChI is InChI=1S/C15H16N2.2C2H6/c1-15-9-5-6-11(16)10-14(15)17(2)13-8-4-3-7-12(13)15;2*1-2/h3-10H,16H2,1-2H3;2*1-2H3. The molecule has 1 aromatic carbocycles. The van der Waals surface area contributed by atoms with Gasteiger partial charge in [-0.15, -0.1) is 0 Å². The van der Waals surface area contributed by atoms with E-state index in [1.807, 2.05) is 33.8 Å². The molecule has 0 fully saturated rings. The van der Waals surface area contributed by atoms with Crippen molar-refractivity contribution in [2.45, 2.75) is 40.0 Å². The molecular formula is C19H28N2. The monoisotopic (exact) mass is 284 g/mol. The first-order valence-corrected chi connectivity index (χ1v) is 7.83. The van der Waals surface area contributed by atoms with Gasteiger partial charge in [0.2, 0.25) is 0 Å². The van der Waals surface area contributed by atoms with Crippen LogP contribution >= 0.6 is 0 Å². The van der Waals surface area contributed by atoms with Crippen LogP contribution in [-0.4, -0.2) is 7.05 Å². The molecule has 1 aromatic rings. The van der Waals surface area contributed by atoms with Gasteiger partial charge in [-0.1, -0.05) is 58.0 Å². The highest BCUT2D eigenvalue weighted by molar-refractivity contribution is 5.73. The van der Waals surface area contributed by atoms with Crippen molar-refractivity contribution in [3.05, 3.63) is 65.5 Å². The van der Waals surface area contributed by atoms with Crippen molar-refractivity contribution < 1.29 is 0 Å². The molecule has 0 aromatic heterocycles. The van der Waals surface area contributed by atoms with E-state index < -0.39 is 0 Å². The van der Waals surface area contributed by atoms with Crippen LogP contribution < -0.4 is 10.6 Å². The van der Waals surface area contributed by atoms with Crippen LogP contribution in [0.3, 0.4) is 0 Å². The molecule has 1 unspecified atom stereocenters. The third-order valence-electron chi connectivity index (χ3n) is 3.74. The van der Waals surface area contributed by atoms with Crippen LogP contribution in [0.2, 0.25) is 0 Å². The first kappa shape index (κ1) is 17.1. The lowest BCUT2D eigenvalue weighted by molar-refractivity contribution is 0.722. The Morgan fingerprint density at radius 3 is 2.33 bits per heavy atom. The number of hydrogen-bond donors (Lipinski definition) is 1. The summed E-state index contributed by atoms with van der Waals surface area (Å²) in [7, 11) is 2.10. The topological polar surface area (TPSA) is 29.3 Å². The van der Waals surface area contributed by atoms with E-state index in [-0.39, 0.29) is 5.41 Å². The van der Waals surface area contributed by atoms with Gasteiger partial charge in [0.1, 0.15) is 0 Å². The zero-order valence-electron chi connectivity index (χ0n) is 14.1. The van der Waals surface area contributed by atoms with E-state index in [4.69, 9.17) is 5.73 Å². The minimum absolute atomic E-state index is 0.0665. The first-order valence-electron chi connectivity index (χ1n) is 7.83. The Bertz CT molecular complexity index is 567. The van der Waals surface area contributed by atoms with Gasteiger partial charge in [-0.05, 0) is 30.7 Å². The molecule has 2 aliphatic rings. The maximum absolute atomic E-state index is 5.95. The lowest BCUT2D eigenvalue weighted by Crippen LogP contribution is -2.24. The van der Waals surface area contributed by atoms with Crippen molar-refractivity contribution in [3.8, 4) is 0 Å². The van der Waals surface area contributed by atoms with E-state index in [9.17, 15) is 0 Å². The number of nitrogens with zero attached hydrogens (tertiary/aromatic N) is 1. The molecule has 1 atom stereocenters. The van der Waals surface area contributed by atoms with Gasteiger partial charge in [-0.2, -0.15) is 0 Å². The second-order valence-electron chi connectivity index (χ2n) is 4.83. The quantitative estimate of drug-likeness (QED) is 0.745. The Hall–Kier alpha value is -1.96. The number of hydrogen-bond acceptors (Lipinski definition) is 2. The summed E-state index contributed by atoms with van der Waals surface area (Å²) in [6.45, 7) is 10.2. The molecule has 0 radical (unpaired) electrons. The molecule has 1 aliphatic carbocycles. The van der Waals surface area contributed by atoms with Crippen LogP contribution in [-0.2, 0) is 5.41 Å². The number of rotatable bonds is 0. The zero-order chi connectivity index (χ0) is 16.0. The average molecular weight is 284 g/mol. The molecule has 0 saturated carbocycles. The summed E-state index contributed by atoms with van der Waals surface area (Å²) in [4.78, 5) is 2.23. The number of anilines is 1. The fraction of sp³-hybridized carbons (Fsp3) is 0.368. The number of benzene rings is 1. The van der Waals surface area contributed by atoms with Crippen LogP contribution in [0.4, 0.5) is 5.69 Å². The molecule has 3 rings (SSSR count). The largest absolute Gasteiger partial charge is 0.399 e. The van der Waals surface area contributed by atoms with Crippen molar-refractivity contribution >= 4 is 5.69 Å². The maximum atomic E-state index is 5.95. The van der Waals surface area contributed by atoms with Gasteiger partial charge in [0, 0.05) is 24.1 Å². The van der Waals surface area contributed by atoms with Crippen molar-refractivity contribution in [2.75, 3.05) is 11.9 Å². The third-order valence-corrected chi connectivity index (χ3v) is 3.74. The number of nitrogens with two attached hydrogens (primary N) is 1. The molecule has 1 aliphatic heterocycles. The van der Waals surface area contributed by atoms with Crippen molar-refractivity contribution in [2.24, 2.45) is 5.73 Å². The first-order chi connectivity index (χ1) is 10.1. The van der Waals surface area contributed by atoms with Gasteiger partial charge in [0.05, 0.1) is 5.41 Å². The van der Waals surface area contributed by atoms with E-state index in [1.54, 1.807) is 0 Å². The van der Waals surface area contributed by atoms with Crippen molar-refractivity contribution in [1.29, 1.82) is 0 Å². The predicted molar refractivity (Wildman–Crippen MR) is 94.4 cm³/mol. The molecule has 21 heavy (non-hydrogen) atoms. The van der Waals surface area contributed by atoms with E-state index in [0.29, 0.717) is 0 Å². The molecule has 0 amide bonds. The van der Waals surface area contributed by atoms with Crippen LogP contribution in [0.5, 0.6) is 0 Å². The zero-order valence-corrected chi connectivity index (χ0v) is 14.1. The Labute approximate surface area is 129 Å². The summed E-state index contributed by atoms with van der Waals surface area (Å²) in [6.07, 6.45) is 8.29. The van der Waals surface area contributed by atoms with Crippen molar-refractivity contribution in [3.63, 3.8) is 0 Å². The second-order valence-corrected chi connectivity index (χ2v) is 4.83. The number of allylic oxidation sites excluding steroid dienone is 4. The highest BCUT2D eigenvalue weighted by Gasteiger charge is 2.40. The summed E-state index contributed by atoms with van der Waals surface area (Å²) in [5.74, 6) is 0. The van der Waals surface area contributed by atoms with Gasteiger partial charge in [0.25, 0.3) is 0 Å². The van der Waals surface area contributed by atoms with Gasteiger partial charge < -0.3 is 10.6 Å². The van der Waals surface area contributed by atoms with Crippen LogP contribution in [0, 0.1) is 0 Å². The lowest BCUT2D eigenvalue weighted by Gasteiger charge is -2.24. The third kappa shape index (κ3) is 2.90. The summed E-state index contributed by atoms with van der Waals surface area (Å²) < 4.78 is 0. The molecule has 1 heterocycles. The predicted octanol–water partition coefficient (Wildman–Crippen LogP) is 4.74. The average Bonchev–Trinajstić information content (AvgIpc) is 2.66. The second kappa shape index (κ2) is 7.16. The van der Waals surface area contributed by atoms with E-state index in [2.05, 4.69) is 61.4 Å². The molecule has 2 N–H and O–H groups in total. The Kier molecular flexibility index (Phi) is 5.83. The molecule has 0 saturated heterocycles. The van der Waals surface area contributed by atoms with Crippen LogP contribution in [0.15, 0.2) is 60.0 Å². The SMILES string of the molecule is CC.CC.CN1C2=CC(N)=CC=CC2(C)c2ccccc21. The highest BCUT2D eigenvalue weighted by Crippen LogP contribution is 2.48. The molecule has 0 spiro atoms.